The number of hydrogen-bond donors (Lipinski definition) is 0. The molecule has 0 bridgehead atoms. The number of hydrogen-bond acceptors (Lipinski definition) is 2. The van der Waals surface area contributed by atoms with Crippen LogP contribution in [0.1, 0.15) is 37.9 Å². The van der Waals surface area contributed by atoms with Gasteiger partial charge in [0.25, 0.3) is 0 Å². The minimum absolute atomic E-state index is 0.00560. The van der Waals surface area contributed by atoms with Gasteiger partial charge in [-0.2, -0.15) is 0 Å². The van der Waals surface area contributed by atoms with E-state index in [1.54, 1.807) is 0 Å². The van der Waals surface area contributed by atoms with Gasteiger partial charge >= 0.3 is 0 Å². The molecule has 2 rings (SSSR count). The van der Waals surface area contributed by atoms with Gasteiger partial charge in [-0.05, 0) is 12.0 Å². The molecule has 1 heterocycles. The zero-order valence-electron chi connectivity index (χ0n) is 9.19. The van der Waals surface area contributed by atoms with E-state index in [-0.39, 0.29) is 12.4 Å². The van der Waals surface area contributed by atoms with E-state index in [2.05, 4.69) is 31.2 Å². The van der Waals surface area contributed by atoms with E-state index in [9.17, 15) is 0 Å². The molecule has 0 aliphatic carbocycles. The number of benzene rings is 1. The molecule has 0 N–H and O–H groups in total. The van der Waals surface area contributed by atoms with Crippen molar-refractivity contribution in [3.8, 4) is 0 Å². The van der Waals surface area contributed by atoms with E-state index in [1.165, 1.54) is 5.56 Å². The van der Waals surface area contributed by atoms with Crippen molar-refractivity contribution in [2.45, 2.75) is 38.6 Å². The molecule has 1 aliphatic rings. The predicted molar refractivity (Wildman–Crippen MR) is 59.5 cm³/mol. The summed E-state index contributed by atoms with van der Waals surface area (Å²) in [5.41, 5.74) is 1.27. The summed E-state index contributed by atoms with van der Waals surface area (Å²) in [4.78, 5) is 0. The number of rotatable bonds is 3. The van der Waals surface area contributed by atoms with Crippen LogP contribution < -0.4 is 0 Å². The Morgan fingerprint density at radius 2 is 2.07 bits per heavy atom. The molecule has 82 valence electrons. The van der Waals surface area contributed by atoms with Crippen LogP contribution in [0.2, 0.25) is 0 Å². The summed E-state index contributed by atoms with van der Waals surface area (Å²) < 4.78 is 11.4. The highest BCUT2D eigenvalue weighted by Gasteiger charge is 2.23. The van der Waals surface area contributed by atoms with Crippen LogP contribution in [0.4, 0.5) is 0 Å². The molecule has 2 heteroatoms. The second-order valence-corrected chi connectivity index (χ2v) is 3.91. The minimum Gasteiger partial charge on any atom is -0.353 e. The summed E-state index contributed by atoms with van der Waals surface area (Å²) >= 11 is 0. The van der Waals surface area contributed by atoms with Crippen molar-refractivity contribution >= 4 is 0 Å². The smallest absolute Gasteiger partial charge is 0.158 e. The molecule has 15 heavy (non-hydrogen) atoms. The monoisotopic (exact) mass is 206 g/mol. The van der Waals surface area contributed by atoms with Crippen molar-refractivity contribution in [2.24, 2.45) is 0 Å². The second-order valence-electron chi connectivity index (χ2n) is 3.91. The standard InChI is InChI=1S/C13H18O2/c1-2-6-13-14-10-9-12(15-13)11-7-4-3-5-8-11/h3-5,7-8,12-13H,2,6,9-10H2,1H3. The lowest BCUT2D eigenvalue weighted by Gasteiger charge is -2.30. The number of ether oxygens (including phenoxy) is 2. The van der Waals surface area contributed by atoms with Crippen LogP contribution in [0.5, 0.6) is 0 Å². The molecule has 1 saturated heterocycles. The third kappa shape index (κ3) is 2.80. The first-order valence-corrected chi connectivity index (χ1v) is 5.72. The van der Waals surface area contributed by atoms with E-state index >= 15 is 0 Å². The molecule has 1 aromatic rings. The Morgan fingerprint density at radius 3 is 2.80 bits per heavy atom. The lowest BCUT2D eigenvalue weighted by atomic mass is 10.1. The van der Waals surface area contributed by atoms with Crippen molar-refractivity contribution in [1.29, 1.82) is 0 Å². The van der Waals surface area contributed by atoms with Crippen molar-refractivity contribution in [3.63, 3.8) is 0 Å². The molecule has 1 fully saturated rings. The molecule has 0 spiro atoms. The summed E-state index contributed by atoms with van der Waals surface area (Å²) in [6, 6.07) is 10.4. The van der Waals surface area contributed by atoms with Gasteiger partial charge in [0.1, 0.15) is 0 Å². The Morgan fingerprint density at radius 1 is 1.27 bits per heavy atom. The van der Waals surface area contributed by atoms with Gasteiger partial charge in [-0.15, -0.1) is 0 Å². The average Bonchev–Trinajstić information content (AvgIpc) is 2.31. The highest BCUT2D eigenvalue weighted by molar-refractivity contribution is 5.17. The third-order valence-corrected chi connectivity index (χ3v) is 2.70. The van der Waals surface area contributed by atoms with Gasteiger partial charge in [0.15, 0.2) is 6.29 Å². The quantitative estimate of drug-likeness (QED) is 0.755. The second kappa shape index (κ2) is 5.29. The third-order valence-electron chi connectivity index (χ3n) is 2.70. The Labute approximate surface area is 91.2 Å². The van der Waals surface area contributed by atoms with Gasteiger partial charge in [-0.1, -0.05) is 43.7 Å². The molecule has 0 aromatic heterocycles. The Bertz CT molecular complexity index is 282. The Balaban J connectivity index is 1.98. The van der Waals surface area contributed by atoms with Crippen molar-refractivity contribution in [2.75, 3.05) is 6.61 Å². The predicted octanol–water partition coefficient (Wildman–Crippen LogP) is 3.29. The maximum atomic E-state index is 5.89. The highest BCUT2D eigenvalue weighted by atomic mass is 16.7. The van der Waals surface area contributed by atoms with Gasteiger partial charge in [-0.25, -0.2) is 0 Å². The van der Waals surface area contributed by atoms with E-state index in [4.69, 9.17) is 9.47 Å². The van der Waals surface area contributed by atoms with Gasteiger partial charge in [0, 0.05) is 6.42 Å². The average molecular weight is 206 g/mol. The van der Waals surface area contributed by atoms with Crippen LogP contribution >= 0.6 is 0 Å². The minimum atomic E-state index is -0.00560. The Hall–Kier alpha value is -0.860. The van der Waals surface area contributed by atoms with Crippen LogP contribution in [0.3, 0.4) is 0 Å². The molecular weight excluding hydrogens is 188 g/mol. The fourth-order valence-corrected chi connectivity index (χ4v) is 1.90. The molecular formula is C13H18O2. The molecule has 1 aliphatic heterocycles. The molecule has 0 amide bonds. The van der Waals surface area contributed by atoms with Crippen LogP contribution in [0.15, 0.2) is 30.3 Å². The highest BCUT2D eigenvalue weighted by Crippen LogP contribution is 2.28. The van der Waals surface area contributed by atoms with E-state index in [0.717, 1.165) is 25.9 Å². The lowest BCUT2D eigenvalue weighted by molar-refractivity contribution is -0.217. The van der Waals surface area contributed by atoms with Gasteiger partial charge < -0.3 is 9.47 Å². The maximum absolute atomic E-state index is 5.89. The zero-order valence-corrected chi connectivity index (χ0v) is 9.19. The van der Waals surface area contributed by atoms with Gasteiger partial charge in [0.2, 0.25) is 0 Å². The van der Waals surface area contributed by atoms with E-state index in [1.807, 2.05) is 6.07 Å². The van der Waals surface area contributed by atoms with Gasteiger partial charge in [-0.3, -0.25) is 0 Å². The first kappa shape index (κ1) is 10.7. The zero-order chi connectivity index (χ0) is 10.5. The fraction of sp³-hybridized carbons (Fsp3) is 0.538. The first-order chi connectivity index (χ1) is 7.40. The van der Waals surface area contributed by atoms with Crippen molar-refractivity contribution in [3.05, 3.63) is 35.9 Å². The Kier molecular flexibility index (Phi) is 3.75. The summed E-state index contributed by atoms with van der Waals surface area (Å²) in [6.07, 6.45) is 3.27. The molecule has 1 aromatic carbocycles. The van der Waals surface area contributed by atoms with Crippen LogP contribution in [0.25, 0.3) is 0 Å². The molecule has 0 radical (unpaired) electrons. The SMILES string of the molecule is CCCC1OCCC(c2ccccc2)O1. The van der Waals surface area contributed by atoms with Crippen molar-refractivity contribution in [1.82, 2.24) is 0 Å². The summed E-state index contributed by atoms with van der Waals surface area (Å²) in [7, 11) is 0. The molecule has 2 atom stereocenters. The van der Waals surface area contributed by atoms with Crippen LogP contribution in [-0.4, -0.2) is 12.9 Å². The van der Waals surface area contributed by atoms with Crippen molar-refractivity contribution < 1.29 is 9.47 Å². The van der Waals surface area contributed by atoms with Crippen LogP contribution in [0, 0.1) is 0 Å². The first-order valence-electron chi connectivity index (χ1n) is 5.72. The fourth-order valence-electron chi connectivity index (χ4n) is 1.90. The largest absolute Gasteiger partial charge is 0.353 e. The lowest BCUT2D eigenvalue weighted by Crippen LogP contribution is -2.27. The molecule has 2 unspecified atom stereocenters. The van der Waals surface area contributed by atoms with E-state index < -0.39 is 0 Å². The van der Waals surface area contributed by atoms with E-state index in [0.29, 0.717) is 0 Å². The summed E-state index contributed by atoms with van der Waals surface area (Å²) in [5.74, 6) is 0. The molecule has 2 nitrogen and oxygen atoms in total. The normalized spacial score (nSPS) is 26.5. The van der Waals surface area contributed by atoms with Crippen LogP contribution in [-0.2, 0) is 9.47 Å². The topological polar surface area (TPSA) is 18.5 Å². The summed E-state index contributed by atoms with van der Waals surface area (Å²) in [6.45, 7) is 2.96. The molecule has 0 saturated carbocycles. The maximum Gasteiger partial charge on any atom is 0.158 e. The summed E-state index contributed by atoms with van der Waals surface area (Å²) in [5, 5.41) is 0. The van der Waals surface area contributed by atoms with Gasteiger partial charge in [0.05, 0.1) is 12.7 Å².